The molecule has 0 unspecified atom stereocenters. The Labute approximate surface area is 83.7 Å². The number of hydrogen-bond donors (Lipinski definition) is 1. The van der Waals surface area contributed by atoms with E-state index < -0.39 is 0 Å². The highest BCUT2D eigenvalue weighted by Crippen LogP contribution is 2.10. The average molecular weight is 196 g/mol. The first-order valence-corrected chi connectivity index (χ1v) is 4.62. The van der Waals surface area contributed by atoms with Crippen molar-refractivity contribution in [3.05, 3.63) is 23.7 Å². The molecule has 78 valence electrons. The highest BCUT2D eigenvalue weighted by atomic mass is 16.4. The molecule has 0 saturated heterocycles. The van der Waals surface area contributed by atoms with Gasteiger partial charge in [-0.15, -0.1) is 0 Å². The van der Waals surface area contributed by atoms with Crippen molar-refractivity contribution >= 4 is 5.91 Å². The average Bonchev–Trinajstić information content (AvgIpc) is 2.63. The molecule has 0 spiro atoms. The molecule has 1 aromatic heterocycles. The number of nitrogens with two attached hydrogens (primary N) is 1. The molecule has 0 bridgehead atoms. The second-order valence-corrected chi connectivity index (χ2v) is 3.48. The van der Waals surface area contributed by atoms with Crippen molar-refractivity contribution in [3.8, 4) is 0 Å². The van der Waals surface area contributed by atoms with Crippen molar-refractivity contribution in [2.45, 2.75) is 26.4 Å². The van der Waals surface area contributed by atoms with Gasteiger partial charge in [-0.3, -0.25) is 4.79 Å². The lowest BCUT2D eigenvalue weighted by molar-refractivity contribution is 0.0721. The summed E-state index contributed by atoms with van der Waals surface area (Å²) >= 11 is 0. The fourth-order valence-electron chi connectivity index (χ4n) is 1.01. The summed E-state index contributed by atoms with van der Waals surface area (Å²) in [6.45, 7) is 4.22. The number of rotatable bonds is 3. The molecule has 0 saturated carbocycles. The third-order valence-electron chi connectivity index (χ3n) is 2.17. The molecule has 2 N–H and O–H groups in total. The van der Waals surface area contributed by atoms with E-state index in [1.807, 2.05) is 13.8 Å². The minimum atomic E-state index is -0.111. The van der Waals surface area contributed by atoms with Crippen LogP contribution in [0, 0.1) is 0 Å². The van der Waals surface area contributed by atoms with Crippen LogP contribution in [0.5, 0.6) is 0 Å². The van der Waals surface area contributed by atoms with E-state index in [0.29, 0.717) is 18.1 Å². The van der Waals surface area contributed by atoms with Crippen LogP contribution in [-0.4, -0.2) is 23.9 Å². The van der Waals surface area contributed by atoms with Crippen LogP contribution in [0.1, 0.15) is 30.2 Å². The molecule has 1 amide bonds. The van der Waals surface area contributed by atoms with Crippen LogP contribution in [0.4, 0.5) is 0 Å². The second kappa shape index (κ2) is 4.28. The van der Waals surface area contributed by atoms with Gasteiger partial charge in [0.05, 0.1) is 6.54 Å². The van der Waals surface area contributed by atoms with Crippen LogP contribution >= 0.6 is 0 Å². The predicted octanol–water partition coefficient (Wildman–Crippen LogP) is 1.22. The van der Waals surface area contributed by atoms with E-state index in [9.17, 15) is 4.79 Å². The normalized spacial score (nSPS) is 10.6. The van der Waals surface area contributed by atoms with Crippen molar-refractivity contribution in [1.29, 1.82) is 0 Å². The molecule has 4 nitrogen and oxygen atoms in total. The third kappa shape index (κ3) is 2.14. The Hall–Kier alpha value is -1.29. The Morgan fingerprint density at radius 3 is 2.64 bits per heavy atom. The lowest BCUT2D eigenvalue weighted by atomic mass is 10.3. The van der Waals surface area contributed by atoms with Crippen LogP contribution in [0.15, 0.2) is 16.5 Å². The summed E-state index contributed by atoms with van der Waals surface area (Å²) in [6.07, 6.45) is 0. The lowest BCUT2D eigenvalue weighted by Crippen LogP contribution is -2.32. The lowest BCUT2D eigenvalue weighted by Gasteiger charge is -2.19. The maximum absolute atomic E-state index is 11.7. The molecule has 1 rings (SSSR count). The summed E-state index contributed by atoms with van der Waals surface area (Å²) in [5.74, 6) is 0.867. The van der Waals surface area contributed by atoms with E-state index in [-0.39, 0.29) is 11.9 Å². The number of nitrogens with zero attached hydrogens (tertiary/aromatic N) is 1. The minimum Gasteiger partial charge on any atom is -0.455 e. The van der Waals surface area contributed by atoms with Gasteiger partial charge in [0.25, 0.3) is 5.91 Å². The van der Waals surface area contributed by atoms with Crippen molar-refractivity contribution in [1.82, 2.24) is 4.90 Å². The van der Waals surface area contributed by atoms with Gasteiger partial charge in [0, 0.05) is 13.1 Å². The molecule has 0 aromatic carbocycles. The molecule has 0 radical (unpaired) electrons. The molecule has 0 aliphatic heterocycles. The summed E-state index contributed by atoms with van der Waals surface area (Å²) in [5, 5.41) is 0. The summed E-state index contributed by atoms with van der Waals surface area (Å²) in [6, 6.07) is 3.54. The van der Waals surface area contributed by atoms with Crippen LogP contribution in [0.3, 0.4) is 0 Å². The second-order valence-electron chi connectivity index (χ2n) is 3.48. The van der Waals surface area contributed by atoms with Crippen molar-refractivity contribution in [2.75, 3.05) is 7.05 Å². The Morgan fingerprint density at radius 2 is 2.21 bits per heavy atom. The Kier molecular flexibility index (Phi) is 3.30. The standard InChI is InChI=1S/C10H16N2O2/c1-7(2)12(3)10(13)9-5-4-8(6-11)14-9/h4-5,7H,6,11H2,1-3H3. The van der Waals surface area contributed by atoms with Gasteiger partial charge in [-0.1, -0.05) is 0 Å². The van der Waals surface area contributed by atoms with Crippen LogP contribution in [-0.2, 0) is 6.54 Å². The molecule has 14 heavy (non-hydrogen) atoms. The zero-order valence-corrected chi connectivity index (χ0v) is 8.78. The van der Waals surface area contributed by atoms with Gasteiger partial charge in [0.1, 0.15) is 5.76 Å². The Balaban J connectivity index is 2.79. The molecule has 4 heteroatoms. The molecule has 0 aliphatic rings. The third-order valence-corrected chi connectivity index (χ3v) is 2.17. The van der Waals surface area contributed by atoms with Crippen molar-refractivity contribution in [3.63, 3.8) is 0 Å². The van der Waals surface area contributed by atoms with E-state index in [0.717, 1.165) is 0 Å². The largest absolute Gasteiger partial charge is 0.455 e. The molecule has 1 aromatic rings. The van der Waals surface area contributed by atoms with E-state index in [4.69, 9.17) is 10.2 Å². The van der Waals surface area contributed by atoms with Gasteiger partial charge < -0.3 is 15.1 Å². The topological polar surface area (TPSA) is 59.5 Å². The molecular formula is C10H16N2O2. The highest BCUT2D eigenvalue weighted by molar-refractivity contribution is 5.91. The zero-order chi connectivity index (χ0) is 10.7. The summed E-state index contributed by atoms with van der Waals surface area (Å²) in [4.78, 5) is 13.3. The molecular weight excluding hydrogens is 180 g/mol. The van der Waals surface area contributed by atoms with Gasteiger partial charge >= 0.3 is 0 Å². The fraction of sp³-hybridized carbons (Fsp3) is 0.500. The highest BCUT2D eigenvalue weighted by Gasteiger charge is 2.17. The first-order valence-electron chi connectivity index (χ1n) is 4.62. The molecule has 0 fully saturated rings. The Morgan fingerprint density at radius 1 is 1.57 bits per heavy atom. The van der Waals surface area contributed by atoms with Crippen LogP contribution < -0.4 is 5.73 Å². The van der Waals surface area contributed by atoms with Gasteiger partial charge in [0.15, 0.2) is 5.76 Å². The number of hydrogen-bond acceptors (Lipinski definition) is 3. The number of amides is 1. The summed E-state index contributed by atoms with van der Waals surface area (Å²) in [5.41, 5.74) is 5.38. The van der Waals surface area contributed by atoms with E-state index >= 15 is 0 Å². The maximum atomic E-state index is 11.7. The van der Waals surface area contributed by atoms with Gasteiger partial charge in [0.2, 0.25) is 0 Å². The first-order chi connectivity index (χ1) is 6.56. The Bertz CT molecular complexity index is 318. The smallest absolute Gasteiger partial charge is 0.289 e. The number of carbonyl (C=O) groups excluding carboxylic acids is 1. The summed E-state index contributed by atoms with van der Waals surface area (Å²) < 4.78 is 5.25. The van der Waals surface area contributed by atoms with Crippen molar-refractivity contribution < 1.29 is 9.21 Å². The SMILES string of the molecule is CC(C)N(C)C(=O)c1ccc(CN)o1. The van der Waals surface area contributed by atoms with Gasteiger partial charge in [-0.25, -0.2) is 0 Å². The number of carbonyl (C=O) groups is 1. The minimum absolute atomic E-state index is 0.111. The van der Waals surface area contributed by atoms with Crippen molar-refractivity contribution in [2.24, 2.45) is 5.73 Å². The predicted molar refractivity (Wildman–Crippen MR) is 53.8 cm³/mol. The maximum Gasteiger partial charge on any atom is 0.289 e. The quantitative estimate of drug-likeness (QED) is 0.790. The van der Waals surface area contributed by atoms with Crippen LogP contribution in [0.25, 0.3) is 0 Å². The fourth-order valence-corrected chi connectivity index (χ4v) is 1.01. The van der Waals surface area contributed by atoms with E-state index in [2.05, 4.69) is 0 Å². The first kappa shape index (κ1) is 10.8. The molecule has 0 aliphatic carbocycles. The monoisotopic (exact) mass is 196 g/mol. The van der Waals surface area contributed by atoms with E-state index in [1.54, 1.807) is 24.1 Å². The van der Waals surface area contributed by atoms with Gasteiger partial charge in [-0.2, -0.15) is 0 Å². The van der Waals surface area contributed by atoms with Crippen LogP contribution in [0.2, 0.25) is 0 Å². The van der Waals surface area contributed by atoms with E-state index in [1.165, 1.54) is 0 Å². The molecule has 0 atom stereocenters. The zero-order valence-electron chi connectivity index (χ0n) is 8.78. The van der Waals surface area contributed by atoms with Gasteiger partial charge in [-0.05, 0) is 26.0 Å². The number of furan rings is 1. The molecule has 1 heterocycles. The summed E-state index contributed by atoms with van der Waals surface area (Å²) in [7, 11) is 1.75.